The summed E-state index contributed by atoms with van der Waals surface area (Å²) in [6.07, 6.45) is 0.941. The Kier molecular flexibility index (Phi) is 3.83. The fraction of sp³-hybridized carbons (Fsp3) is 0.294. The number of aliphatic hydroxyl groups is 1. The first-order valence-corrected chi connectivity index (χ1v) is 6.36. The van der Waals surface area contributed by atoms with Gasteiger partial charge in [0.1, 0.15) is 0 Å². The zero-order valence-electron chi connectivity index (χ0n) is 11.1. The lowest BCUT2D eigenvalue weighted by Crippen LogP contribution is -2.22. The minimum absolute atomic E-state index is 0.168. The van der Waals surface area contributed by atoms with Gasteiger partial charge in [-0.1, -0.05) is 68.4 Å². The van der Waals surface area contributed by atoms with Crippen molar-refractivity contribution >= 4 is 0 Å². The lowest BCUT2D eigenvalue weighted by molar-refractivity contribution is 0.218. The molecule has 94 valence electrons. The van der Waals surface area contributed by atoms with Crippen LogP contribution in [0.5, 0.6) is 0 Å². The predicted octanol–water partition coefficient (Wildman–Crippen LogP) is 3.55. The minimum atomic E-state index is -0.174. The van der Waals surface area contributed by atoms with E-state index in [0.29, 0.717) is 0 Å². The monoisotopic (exact) mass is 240 g/mol. The summed E-state index contributed by atoms with van der Waals surface area (Å²) in [6.45, 7) is 4.30. The van der Waals surface area contributed by atoms with E-state index >= 15 is 0 Å². The fourth-order valence-corrected chi connectivity index (χ4v) is 2.03. The Morgan fingerprint density at radius 2 is 1.56 bits per heavy atom. The van der Waals surface area contributed by atoms with Crippen LogP contribution >= 0.6 is 0 Å². The smallest absolute Gasteiger partial charge is 0.0522 e. The van der Waals surface area contributed by atoms with Crippen molar-refractivity contribution in [2.45, 2.75) is 25.7 Å². The molecular formula is C17H20O. The molecular weight excluding hydrogens is 220 g/mol. The Morgan fingerprint density at radius 3 is 2.22 bits per heavy atom. The number of aliphatic hydroxyl groups excluding tert-OH is 1. The summed E-state index contributed by atoms with van der Waals surface area (Å²) in [7, 11) is 0. The molecule has 0 aliphatic carbocycles. The molecule has 0 saturated carbocycles. The second kappa shape index (κ2) is 5.36. The van der Waals surface area contributed by atoms with Gasteiger partial charge in [-0.05, 0) is 23.1 Å². The molecule has 0 unspecified atom stereocenters. The predicted molar refractivity (Wildman–Crippen MR) is 75.8 cm³/mol. The molecule has 0 bridgehead atoms. The largest absolute Gasteiger partial charge is 0.395 e. The van der Waals surface area contributed by atoms with Crippen LogP contribution in [0, 0.1) is 0 Å². The number of hydrogen-bond donors (Lipinski definition) is 1. The van der Waals surface area contributed by atoms with Crippen molar-refractivity contribution in [1.29, 1.82) is 0 Å². The van der Waals surface area contributed by atoms with E-state index in [4.69, 9.17) is 0 Å². The van der Waals surface area contributed by atoms with Crippen molar-refractivity contribution in [2.75, 3.05) is 6.61 Å². The van der Waals surface area contributed by atoms with Gasteiger partial charge in [0, 0.05) is 5.41 Å². The van der Waals surface area contributed by atoms with Gasteiger partial charge in [-0.3, -0.25) is 0 Å². The summed E-state index contributed by atoms with van der Waals surface area (Å²) in [4.78, 5) is 0. The Morgan fingerprint density at radius 1 is 0.889 bits per heavy atom. The van der Waals surface area contributed by atoms with Gasteiger partial charge < -0.3 is 5.11 Å². The molecule has 2 aromatic carbocycles. The zero-order valence-corrected chi connectivity index (χ0v) is 11.1. The molecule has 0 fully saturated rings. The summed E-state index contributed by atoms with van der Waals surface area (Å²) in [5.74, 6) is 0. The molecule has 0 radical (unpaired) electrons. The summed E-state index contributed by atoms with van der Waals surface area (Å²) in [6, 6.07) is 19.0. The highest BCUT2D eigenvalue weighted by molar-refractivity contribution is 5.32. The van der Waals surface area contributed by atoms with E-state index in [1.165, 1.54) is 16.7 Å². The van der Waals surface area contributed by atoms with E-state index < -0.39 is 0 Å². The minimum Gasteiger partial charge on any atom is -0.395 e. The summed E-state index contributed by atoms with van der Waals surface area (Å²) < 4.78 is 0. The molecule has 0 amide bonds. The maximum absolute atomic E-state index is 9.43. The second-order valence-electron chi connectivity index (χ2n) is 5.40. The van der Waals surface area contributed by atoms with Gasteiger partial charge in [0.15, 0.2) is 0 Å². The molecule has 0 aliphatic rings. The highest BCUT2D eigenvalue weighted by atomic mass is 16.3. The van der Waals surface area contributed by atoms with E-state index in [9.17, 15) is 5.11 Å². The molecule has 0 saturated heterocycles. The van der Waals surface area contributed by atoms with Crippen molar-refractivity contribution in [3.05, 3.63) is 71.3 Å². The normalized spacial score (nSPS) is 11.5. The zero-order chi connectivity index (χ0) is 13.0. The van der Waals surface area contributed by atoms with Gasteiger partial charge in [0.05, 0.1) is 6.61 Å². The van der Waals surface area contributed by atoms with Gasteiger partial charge in [-0.25, -0.2) is 0 Å². The lowest BCUT2D eigenvalue weighted by Gasteiger charge is -2.22. The third-order valence-corrected chi connectivity index (χ3v) is 3.35. The van der Waals surface area contributed by atoms with Crippen molar-refractivity contribution in [1.82, 2.24) is 0 Å². The lowest BCUT2D eigenvalue weighted by atomic mass is 9.84. The number of benzene rings is 2. The van der Waals surface area contributed by atoms with Crippen LogP contribution in [0.1, 0.15) is 30.5 Å². The quantitative estimate of drug-likeness (QED) is 0.866. The van der Waals surface area contributed by atoms with Gasteiger partial charge in [-0.15, -0.1) is 0 Å². The van der Waals surface area contributed by atoms with E-state index in [1.807, 2.05) is 6.07 Å². The molecule has 0 aromatic heterocycles. The van der Waals surface area contributed by atoms with E-state index in [2.05, 4.69) is 62.4 Å². The van der Waals surface area contributed by atoms with Crippen LogP contribution in [0.2, 0.25) is 0 Å². The average Bonchev–Trinajstić information content (AvgIpc) is 2.40. The first kappa shape index (κ1) is 12.8. The Labute approximate surface area is 109 Å². The van der Waals surface area contributed by atoms with Gasteiger partial charge >= 0.3 is 0 Å². The van der Waals surface area contributed by atoms with Crippen LogP contribution in [-0.2, 0) is 11.8 Å². The highest BCUT2D eigenvalue weighted by Crippen LogP contribution is 2.24. The van der Waals surface area contributed by atoms with Gasteiger partial charge in [0.2, 0.25) is 0 Å². The van der Waals surface area contributed by atoms with E-state index in [0.717, 1.165) is 6.42 Å². The molecule has 2 aromatic rings. The summed E-state index contributed by atoms with van der Waals surface area (Å²) >= 11 is 0. The van der Waals surface area contributed by atoms with Crippen molar-refractivity contribution in [3.8, 4) is 0 Å². The fourth-order valence-electron chi connectivity index (χ4n) is 2.03. The molecule has 1 heteroatoms. The standard InChI is InChI=1S/C17H20O/c1-17(2,13-18)16-10-6-9-15(12-16)11-14-7-4-3-5-8-14/h3-10,12,18H,11,13H2,1-2H3. The maximum Gasteiger partial charge on any atom is 0.0522 e. The Bertz CT molecular complexity index is 500. The topological polar surface area (TPSA) is 20.2 Å². The van der Waals surface area contributed by atoms with Gasteiger partial charge in [0.25, 0.3) is 0 Å². The average molecular weight is 240 g/mol. The molecule has 2 rings (SSSR count). The highest BCUT2D eigenvalue weighted by Gasteiger charge is 2.19. The van der Waals surface area contributed by atoms with Crippen molar-refractivity contribution in [2.24, 2.45) is 0 Å². The van der Waals surface area contributed by atoms with E-state index in [1.54, 1.807) is 0 Å². The van der Waals surface area contributed by atoms with Crippen LogP contribution in [-0.4, -0.2) is 11.7 Å². The first-order valence-electron chi connectivity index (χ1n) is 6.36. The first-order chi connectivity index (χ1) is 8.62. The van der Waals surface area contributed by atoms with Crippen LogP contribution in [0.4, 0.5) is 0 Å². The molecule has 0 spiro atoms. The van der Waals surface area contributed by atoms with Crippen molar-refractivity contribution in [3.63, 3.8) is 0 Å². The number of rotatable bonds is 4. The third kappa shape index (κ3) is 2.99. The summed E-state index contributed by atoms with van der Waals surface area (Å²) in [5.41, 5.74) is 3.63. The Balaban J connectivity index is 2.23. The van der Waals surface area contributed by atoms with Gasteiger partial charge in [-0.2, -0.15) is 0 Å². The molecule has 1 N–H and O–H groups in total. The van der Waals surface area contributed by atoms with Crippen molar-refractivity contribution < 1.29 is 5.11 Å². The SMILES string of the molecule is CC(C)(CO)c1cccc(Cc2ccccc2)c1. The van der Waals surface area contributed by atoms with Crippen LogP contribution in [0.25, 0.3) is 0 Å². The molecule has 0 heterocycles. The second-order valence-corrected chi connectivity index (χ2v) is 5.40. The third-order valence-electron chi connectivity index (χ3n) is 3.35. The maximum atomic E-state index is 9.43. The van der Waals surface area contributed by atoms with Crippen LogP contribution in [0.3, 0.4) is 0 Å². The molecule has 0 atom stereocenters. The number of hydrogen-bond acceptors (Lipinski definition) is 1. The van der Waals surface area contributed by atoms with Crippen LogP contribution in [0.15, 0.2) is 54.6 Å². The molecule has 1 nitrogen and oxygen atoms in total. The molecule has 0 aliphatic heterocycles. The van der Waals surface area contributed by atoms with E-state index in [-0.39, 0.29) is 12.0 Å². The Hall–Kier alpha value is -1.60. The molecule has 18 heavy (non-hydrogen) atoms. The van der Waals surface area contributed by atoms with Crippen LogP contribution < -0.4 is 0 Å². The summed E-state index contributed by atoms with van der Waals surface area (Å²) in [5, 5.41) is 9.43.